The number of para-hydroxylation sites is 2. The summed E-state index contributed by atoms with van der Waals surface area (Å²) in [5.41, 5.74) is 0.663. The molecule has 0 saturated heterocycles. The Kier molecular flexibility index (Phi) is 6.30. The number of nitrogens with one attached hydrogen (secondary N) is 1. The van der Waals surface area contributed by atoms with Gasteiger partial charge in [-0.25, -0.2) is 0 Å². The maximum atomic E-state index is 12.3. The van der Waals surface area contributed by atoms with E-state index in [4.69, 9.17) is 4.74 Å². The molecule has 3 aromatic rings. The Labute approximate surface area is 160 Å². The number of thiophene rings is 1. The summed E-state index contributed by atoms with van der Waals surface area (Å²) in [6.07, 6.45) is 0.756. The lowest BCUT2D eigenvalue weighted by atomic mass is 10.3. The summed E-state index contributed by atoms with van der Waals surface area (Å²) >= 11 is 3.09. The van der Waals surface area contributed by atoms with Gasteiger partial charge in [-0.3, -0.25) is 4.79 Å². The third-order valence-corrected chi connectivity index (χ3v) is 5.58. The van der Waals surface area contributed by atoms with Crippen molar-refractivity contribution < 1.29 is 9.53 Å². The molecule has 2 heterocycles. The zero-order chi connectivity index (χ0) is 18.4. The first-order valence-corrected chi connectivity index (χ1v) is 10.1. The fourth-order valence-electron chi connectivity index (χ4n) is 2.51. The van der Waals surface area contributed by atoms with Gasteiger partial charge in [-0.05, 0) is 30.5 Å². The molecule has 0 bridgehead atoms. The molecule has 2 aromatic heterocycles. The minimum Gasteiger partial charge on any atom is -0.495 e. The van der Waals surface area contributed by atoms with Gasteiger partial charge in [0.15, 0.2) is 5.16 Å². The van der Waals surface area contributed by atoms with Crippen molar-refractivity contribution in [1.29, 1.82) is 0 Å². The van der Waals surface area contributed by atoms with Crippen LogP contribution in [0, 0.1) is 0 Å². The quantitative estimate of drug-likeness (QED) is 0.596. The molecule has 0 spiro atoms. The van der Waals surface area contributed by atoms with Crippen LogP contribution in [0.3, 0.4) is 0 Å². The first-order valence-electron chi connectivity index (χ1n) is 8.21. The fraction of sp³-hybridized carbons (Fsp3) is 0.278. The summed E-state index contributed by atoms with van der Waals surface area (Å²) in [4.78, 5) is 13.5. The molecule has 0 radical (unpaired) electrons. The number of amides is 1. The van der Waals surface area contributed by atoms with Crippen molar-refractivity contribution in [1.82, 2.24) is 14.8 Å². The molecule has 26 heavy (non-hydrogen) atoms. The predicted molar refractivity (Wildman–Crippen MR) is 105 cm³/mol. The highest BCUT2D eigenvalue weighted by molar-refractivity contribution is 7.99. The summed E-state index contributed by atoms with van der Waals surface area (Å²) in [6.45, 7) is 2.82. The molecular weight excluding hydrogens is 368 g/mol. The second-order valence-electron chi connectivity index (χ2n) is 5.44. The van der Waals surface area contributed by atoms with E-state index in [-0.39, 0.29) is 11.7 Å². The third-order valence-electron chi connectivity index (χ3n) is 3.74. The van der Waals surface area contributed by atoms with Crippen molar-refractivity contribution >= 4 is 34.7 Å². The second-order valence-corrected chi connectivity index (χ2v) is 7.41. The lowest BCUT2D eigenvalue weighted by Crippen LogP contribution is -2.15. The average molecular weight is 389 g/mol. The van der Waals surface area contributed by atoms with Gasteiger partial charge in [0.2, 0.25) is 5.91 Å². The zero-order valence-corrected chi connectivity index (χ0v) is 16.3. The molecule has 0 atom stereocenters. The molecule has 1 amide bonds. The standard InChI is InChI=1S/C18H20N4O2S2/c1-3-22-16(11-13-7-6-10-25-13)20-21-18(22)26-12-17(23)19-14-8-4-5-9-15(14)24-2/h4-10H,3,11-12H2,1-2H3,(H,19,23). The van der Waals surface area contributed by atoms with Crippen molar-refractivity contribution in [2.45, 2.75) is 25.0 Å². The highest BCUT2D eigenvalue weighted by Gasteiger charge is 2.14. The Morgan fingerprint density at radius 2 is 2.12 bits per heavy atom. The molecule has 6 nitrogen and oxygen atoms in total. The minimum atomic E-state index is -0.107. The molecule has 0 aliphatic heterocycles. The number of rotatable bonds is 8. The van der Waals surface area contributed by atoms with Crippen molar-refractivity contribution in [3.8, 4) is 5.75 Å². The first-order chi connectivity index (χ1) is 12.7. The number of nitrogens with zero attached hydrogens (tertiary/aromatic N) is 3. The van der Waals surface area contributed by atoms with Crippen LogP contribution in [-0.2, 0) is 17.8 Å². The van der Waals surface area contributed by atoms with Crippen LogP contribution in [0.1, 0.15) is 17.6 Å². The third kappa shape index (κ3) is 4.44. The summed E-state index contributed by atoms with van der Waals surface area (Å²) in [7, 11) is 1.58. The van der Waals surface area contributed by atoms with E-state index in [0.717, 1.165) is 23.9 Å². The van der Waals surface area contributed by atoms with Crippen molar-refractivity contribution in [2.24, 2.45) is 0 Å². The molecule has 0 aliphatic carbocycles. The summed E-state index contributed by atoms with van der Waals surface area (Å²) in [6, 6.07) is 11.5. The lowest BCUT2D eigenvalue weighted by Gasteiger charge is -2.10. The molecule has 0 fully saturated rings. The first kappa shape index (κ1) is 18.5. The molecule has 1 aromatic carbocycles. The van der Waals surface area contributed by atoms with E-state index in [0.29, 0.717) is 11.4 Å². The number of carbonyl (C=O) groups is 1. The van der Waals surface area contributed by atoms with Gasteiger partial charge in [-0.2, -0.15) is 0 Å². The molecule has 0 unspecified atom stereocenters. The number of methoxy groups -OCH3 is 1. The number of ether oxygens (including phenoxy) is 1. The van der Waals surface area contributed by atoms with Crippen LogP contribution in [0.2, 0.25) is 0 Å². The number of benzene rings is 1. The van der Waals surface area contributed by atoms with Crippen LogP contribution >= 0.6 is 23.1 Å². The zero-order valence-electron chi connectivity index (χ0n) is 14.6. The van der Waals surface area contributed by atoms with Gasteiger partial charge in [-0.15, -0.1) is 21.5 Å². The molecule has 0 saturated carbocycles. The van der Waals surface area contributed by atoms with Crippen molar-refractivity contribution in [2.75, 3.05) is 18.2 Å². The van der Waals surface area contributed by atoms with E-state index in [1.807, 2.05) is 30.3 Å². The molecule has 1 N–H and O–H groups in total. The predicted octanol–water partition coefficient (Wildman–Crippen LogP) is 3.69. The molecular formula is C18H20N4O2S2. The Morgan fingerprint density at radius 1 is 1.27 bits per heavy atom. The highest BCUT2D eigenvalue weighted by Crippen LogP contribution is 2.24. The topological polar surface area (TPSA) is 69.0 Å². The van der Waals surface area contributed by atoms with E-state index < -0.39 is 0 Å². The Morgan fingerprint density at radius 3 is 2.85 bits per heavy atom. The smallest absolute Gasteiger partial charge is 0.234 e. The number of thioether (sulfide) groups is 1. The van der Waals surface area contributed by atoms with E-state index in [1.54, 1.807) is 18.4 Å². The number of hydrogen-bond acceptors (Lipinski definition) is 6. The van der Waals surface area contributed by atoms with E-state index in [2.05, 4.69) is 38.5 Å². The molecule has 0 aliphatic rings. The summed E-state index contributed by atoms with van der Waals surface area (Å²) in [5, 5.41) is 14.2. The minimum absolute atomic E-state index is 0.107. The van der Waals surface area contributed by atoms with Crippen LogP contribution in [0.4, 0.5) is 5.69 Å². The molecule has 3 rings (SSSR count). The number of anilines is 1. The summed E-state index contributed by atoms with van der Waals surface area (Å²) in [5.74, 6) is 1.71. The van der Waals surface area contributed by atoms with Crippen molar-refractivity contribution in [3.05, 3.63) is 52.5 Å². The Hall–Kier alpha value is -2.32. The number of hydrogen-bond donors (Lipinski definition) is 1. The average Bonchev–Trinajstić information content (AvgIpc) is 3.30. The van der Waals surface area contributed by atoms with Gasteiger partial charge in [0, 0.05) is 17.8 Å². The Balaban J connectivity index is 1.62. The van der Waals surface area contributed by atoms with Gasteiger partial charge in [-0.1, -0.05) is 30.0 Å². The van der Waals surface area contributed by atoms with E-state index in [9.17, 15) is 4.79 Å². The van der Waals surface area contributed by atoms with Crippen LogP contribution in [-0.4, -0.2) is 33.5 Å². The summed E-state index contributed by atoms with van der Waals surface area (Å²) < 4.78 is 7.31. The van der Waals surface area contributed by atoms with Gasteiger partial charge in [0.05, 0.1) is 18.6 Å². The van der Waals surface area contributed by atoms with Crippen LogP contribution in [0.15, 0.2) is 46.9 Å². The van der Waals surface area contributed by atoms with E-state index >= 15 is 0 Å². The number of aromatic nitrogens is 3. The van der Waals surface area contributed by atoms with Crippen LogP contribution in [0.5, 0.6) is 5.75 Å². The van der Waals surface area contributed by atoms with Crippen LogP contribution in [0.25, 0.3) is 0 Å². The fourth-order valence-corrected chi connectivity index (χ4v) is 4.03. The van der Waals surface area contributed by atoms with Gasteiger partial charge < -0.3 is 14.6 Å². The highest BCUT2D eigenvalue weighted by atomic mass is 32.2. The maximum absolute atomic E-state index is 12.3. The van der Waals surface area contributed by atoms with Gasteiger partial charge in [0.25, 0.3) is 0 Å². The van der Waals surface area contributed by atoms with Crippen molar-refractivity contribution in [3.63, 3.8) is 0 Å². The molecule has 136 valence electrons. The number of carbonyl (C=O) groups excluding carboxylic acids is 1. The van der Waals surface area contributed by atoms with E-state index in [1.165, 1.54) is 16.6 Å². The largest absolute Gasteiger partial charge is 0.495 e. The monoisotopic (exact) mass is 388 g/mol. The second kappa shape index (κ2) is 8.86. The lowest BCUT2D eigenvalue weighted by molar-refractivity contribution is -0.113. The van der Waals surface area contributed by atoms with Gasteiger partial charge >= 0.3 is 0 Å². The maximum Gasteiger partial charge on any atom is 0.234 e. The Bertz CT molecular complexity index is 862. The normalized spacial score (nSPS) is 10.7. The van der Waals surface area contributed by atoms with Crippen LogP contribution < -0.4 is 10.1 Å². The van der Waals surface area contributed by atoms with Gasteiger partial charge in [0.1, 0.15) is 11.6 Å². The SMILES string of the molecule is CCn1c(Cc2cccs2)nnc1SCC(=O)Nc1ccccc1OC. The molecule has 8 heteroatoms.